The van der Waals surface area contributed by atoms with E-state index in [1.807, 2.05) is 48.5 Å². The summed E-state index contributed by atoms with van der Waals surface area (Å²) in [5.74, 6) is -1.73. The van der Waals surface area contributed by atoms with Crippen LogP contribution in [0.4, 0.5) is 5.00 Å². The summed E-state index contributed by atoms with van der Waals surface area (Å²) in [6.45, 7) is 0. The fraction of sp³-hybridized carbons (Fsp3) is 0.154. The van der Waals surface area contributed by atoms with Gasteiger partial charge in [-0.1, -0.05) is 48.5 Å². The van der Waals surface area contributed by atoms with Crippen LogP contribution in [-0.4, -0.2) is 18.0 Å². The molecule has 0 spiro atoms. The third-order valence-corrected chi connectivity index (χ3v) is 7.10. The lowest BCUT2D eigenvalue weighted by Gasteiger charge is -2.09. The summed E-state index contributed by atoms with van der Waals surface area (Å²) >= 11 is 1.38. The fourth-order valence-electron chi connectivity index (χ4n) is 4.33. The van der Waals surface area contributed by atoms with Crippen molar-refractivity contribution in [3.8, 4) is 6.07 Å². The van der Waals surface area contributed by atoms with Gasteiger partial charge in [0.25, 0.3) is 0 Å². The van der Waals surface area contributed by atoms with Gasteiger partial charge in [0.1, 0.15) is 11.1 Å². The summed E-state index contributed by atoms with van der Waals surface area (Å²) in [6.07, 6.45) is 5.41. The van der Waals surface area contributed by atoms with Crippen LogP contribution in [0.5, 0.6) is 0 Å². The third-order valence-electron chi connectivity index (χ3n) is 5.89. The maximum absolute atomic E-state index is 12.5. The van der Waals surface area contributed by atoms with Gasteiger partial charge in [-0.2, -0.15) is 10.4 Å². The summed E-state index contributed by atoms with van der Waals surface area (Å²) in [6, 6.07) is 20.2. The third kappa shape index (κ3) is 3.97. The molecular formula is C26H20N4O2S. The van der Waals surface area contributed by atoms with Crippen molar-refractivity contribution in [3.05, 3.63) is 76.2 Å². The molecule has 0 fully saturated rings. The van der Waals surface area contributed by atoms with Crippen LogP contribution in [0.15, 0.2) is 59.7 Å². The first-order valence-electron chi connectivity index (χ1n) is 10.7. The van der Waals surface area contributed by atoms with Crippen molar-refractivity contribution in [3.63, 3.8) is 0 Å². The normalized spacial score (nSPS) is 13.1. The summed E-state index contributed by atoms with van der Waals surface area (Å²) < 4.78 is 0. The zero-order valence-electron chi connectivity index (χ0n) is 17.7. The number of benzene rings is 3. The van der Waals surface area contributed by atoms with Crippen LogP contribution >= 0.6 is 11.3 Å². The van der Waals surface area contributed by atoms with E-state index in [0.29, 0.717) is 10.6 Å². The van der Waals surface area contributed by atoms with Crippen molar-refractivity contribution >= 4 is 55.9 Å². The molecule has 0 saturated heterocycles. The van der Waals surface area contributed by atoms with Crippen LogP contribution in [0.2, 0.25) is 0 Å². The van der Waals surface area contributed by atoms with Gasteiger partial charge in [0.05, 0.1) is 11.8 Å². The molecule has 0 bridgehead atoms. The Balaban J connectivity index is 1.36. The smallest absolute Gasteiger partial charge is 0.308 e. The molecular weight excluding hydrogens is 432 g/mol. The van der Waals surface area contributed by atoms with E-state index in [0.717, 1.165) is 63.2 Å². The predicted molar refractivity (Wildman–Crippen MR) is 131 cm³/mol. The number of rotatable bonds is 3. The van der Waals surface area contributed by atoms with Crippen molar-refractivity contribution in [1.82, 2.24) is 5.43 Å². The van der Waals surface area contributed by atoms with Gasteiger partial charge in [-0.05, 0) is 58.9 Å². The highest BCUT2D eigenvalue weighted by Crippen LogP contribution is 2.37. The van der Waals surface area contributed by atoms with E-state index >= 15 is 0 Å². The van der Waals surface area contributed by atoms with E-state index in [1.54, 1.807) is 6.21 Å². The summed E-state index contributed by atoms with van der Waals surface area (Å²) in [5.41, 5.74) is 4.66. The Kier molecular flexibility index (Phi) is 5.59. The molecule has 0 unspecified atom stereocenters. The molecule has 3 aromatic carbocycles. The van der Waals surface area contributed by atoms with E-state index in [-0.39, 0.29) is 0 Å². The molecule has 1 aliphatic carbocycles. The fourth-order valence-corrected chi connectivity index (χ4v) is 5.56. The number of thiophene rings is 1. The lowest BCUT2D eigenvalue weighted by atomic mass is 9.96. The second-order valence-electron chi connectivity index (χ2n) is 7.91. The average molecular weight is 453 g/mol. The Bertz CT molecular complexity index is 1430. The monoisotopic (exact) mass is 452 g/mol. The second kappa shape index (κ2) is 8.85. The lowest BCUT2D eigenvalue weighted by molar-refractivity contribution is -0.136. The van der Waals surface area contributed by atoms with Crippen LogP contribution in [0, 0.1) is 11.3 Å². The molecule has 0 radical (unpaired) electrons. The predicted octanol–water partition coefficient (Wildman–Crippen LogP) is 4.89. The van der Waals surface area contributed by atoms with Crippen LogP contribution in [0.1, 0.15) is 34.4 Å². The second-order valence-corrected chi connectivity index (χ2v) is 9.02. The standard InChI is InChI=1S/C26H20N4O2S/c27-14-21-20-11-5-6-12-23(20)33-26(21)29-24(31)25(32)30-28-15-22-18-9-3-1-7-16(18)13-17-8-2-4-10-19(17)22/h1-4,7-10,13,15H,5-6,11-12H2,(H,29,31)(H,30,32)/b28-15+. The first-order chi connectivity index (χ1) is 16.2. The number of nitriles is 1. The van der Waals surface area contributed by atoms with Gasteiger partial charge in [-0.3, -0.25) is 9.59 Å². The molecule has 1 aliphatic rings. The molecule has 4 aromatic rings. The lowest BCUT2D eigenvalue weighted by Crippen LogP contribution is -2.32. The molecule has 1 heterocycles. The number of hydrogen-bond acceptors (Lipinski definition) is 5. The van der Waals surface area contributed by atoms with Crippen LogP contribution in [0.3, 0.4) is 0 Å². The number of aryl methyl sites for hydroxylation is 1. The molecule has 7 heteroatoms. The zero-order valence-corrected chi connectivity index (χ0v) is 18.5. The molecule has 0 atom stereocenters. The molecule has 5 rings (SSSR count). The van der Waals surface area contributed by atoms with Crippen molar-refractivity contribution in [2.75, 3.05) is 5.32 Å². The van der Waals surface area contributed by atoms with Crippen molar-refractivity contribution in [1.29, 1.82) is 5.26 Å². The van der Waals surface area contributed by atoms with Gasteiger partial charge in [0.2, 0.25) is 0 Å². The number of hydrazone groups is 1. The van der Waals surface area contributed by atoms with Gasteiger partial charge < -0.3 is 5.32 Å². The van der Waals surface area contributed by atoms with Crippen molar-refractivity contribution in [2.45, 2.75) is 25.7 Å². The molecule has 2 amide bonds. The maximum Gasteiger partial charge on any atom is 0.329 e. The minimum Gasteiger partial charge on any atom is -0.308 e. The summed E-state index contributed by atoms with van der Waals surface area (Å²) in [5, 5.41) is 20.8. The number of carbonyl (C=O) groups excluding carboxylic acids is 2. The Hall–Kier alpha value is -4.02. The molecule has 0 aliphatic heterocycles. The number of nitrogens with one attached hydrogen (secondary N) is 2. The average Bonchev–Trinajstić information content (AvgIpc) is 3.20. The highest BCUT2D eigenvalue weighted by Gasteiger charge is 2.23. The molecule has 162 valence electrons. The first-order valence-corrected chi connectivity index (χ1v) is 11.6. The quantitative estimate of drug-likeness (QED) is 0.200. The van der Waals surface area contributed by atoms with E-state index in [1.165, 1.54) is 11.3 Å². The van der Waals surface area contributed by atoms with E-state index in [4.69, 9.17) is 0 Å². The van der Waals surface area contributed by atoms with Gasteiger partial charge in [0.15, 0.2) is 0 Å². The number of anilines is 1. The molecule has 1 aromatic heterocycles. The Labute approximate surface area is 194 Å². The summed E-state index contributed by atoms with van der Waals surface area (Å²) in [7, 11) is 0. The molecule has 33 heavy (non-hydrogen) atoms. The van der Waals surface area contributed by atoms with Crippen molar-refractivity contribution < 1.29 is 9.59 Å². The SMILES string of the molecule is N#Cc1c(NC(=O)C(=O)N/N=C/c2c3ccccc3cc3ccccc23)sc2c1CCCC2. The Morgan fingerprint density at radius 3 is 2.33 bits per heavy atom. The maximum atomic E-state index is 12.5. The highest BCUT2D eigenvalue weighted by atomic mass is 32.1. The van der Waals surface area contributed by atoms with E-state index in [2.05, 4.69) is 28.0 Å². The Morgan fingerprint density at radius 1 is 0.970 bits per heavy atom. The van der Waals surface area contributed by atoms with Gasteiger partial charge in [-0.15, -0.1) is 11.3 Å². The highest BCUT2D eigenvalue weighted by molar-refractivity contribution is 7.16. The number of nitrogens with zero attached hydrogens (tertiary/aromatic N) is 2. The van der Waals surface area contributed by atoms with Crippen LogP contribution in [0.25, 0.3) is 21.5 Å². The van der Waals surface area contributed by atoms with Gasteiger partial charge in [0, 0.05) is 10.4 Å². The molecule has 2 N–H and O–H groups in total. The molecule has 0 saturated carbocycles. The van der Waals surface area contributed by atoms with Gasteiger partial charge >= 0.3 is 11.8 Å². The minimum absolute atomic E-state index is 0.438. The van der Waals surface area contributed by atoms with Crippen molar-refractivity contribution in [2.24, 2.45) is 5.10 Å². The number of carbonyl (C=O) groups is 2. The Morgan fingerprint density at radius 2 is 1.64 bits per heavy atom. The minimum atomic E-state index is -0.883. The van der Waals surface area contributed by atoms with Crippen LogP contribution in [-0.2, 0) is 22.4 Å². The largest absolute Gasteiger partial charge is 0.329 e. The van der Waals surface area contributed by atoms with E-state index < -0.39 is 11.8 Å². The van der Waals surface area contributed by atoms with Gasteiger partial charge in [-0.25, -0.2) is 5.43 Å². The first kappa shape index (κ1) is 20.9. The van der Waals surface area contributed by atoms with E-state index in [9.17, 15) is 14.9 Å². The summed E-state index contributed by atoms with van der Waals surface area (Å²) in [4.78, 5) is 26.0. The molecule has 6 nitrogen and oxygen atoms in total. The number of fused-ring (bicyclic) bond motifs is 3. The number of amides is 2. The van der Waals surface area contributed by atoms with Crippen LogP contribution < -0.4 is 10.7 Å². The zero-order chi connectivity index (χ0) is 22.8. The topological polar surface area (TPSA) is 94.4 Å². The number of hydrogen-bond donors (Lipinski definition) is 2.